The number of ether oxygens (including phenoxy) is 2. The van der Waals surface area contributed by atoms with Gasteiger partial charge in [-0.25, -0.2) is 9.97 Å². The zero-order valence-corrected chi connectivity index (χ0v) is 21.8. The largest absolute Gasteiger partial charge is 0.493 e. The minimum Gasteiger partial charge on any atom is -0.493 e. The fourth-order valence-electron chi connectivity index (χ4n) is 4.09. The number of nitrogens with one attached hydrogen (secondary N) is 1. The summed E-state index contributed by atoms with van der Waals surface area (Å²) in [7, 11) is 0. The number of primary amides is 1. The molecule has 0 radical (unpaired) electrons. The number of aryl methyl sites for hydroxylation is 1. The fraction of sp³-hybridized carbons (Fsp3) is 0.161. The lowest BCUT2D eigenvalue weighted by Gasteiger charge is -2.16. The van der Waals surface area contributed by atoms with E-state index in [1.165, 1.54) is 0 Å². The number of aromatic nitrogens is 3. The molecule has 0 saturated heterocycles. The molecule has 1 atom stereocenters. The number of carbonyl (C=O) groups excluding carboxylic acids is 1. The highest BCUT2D eigenvalue weighted by atomic mass is 16.5. The van der Waals surface area contributed by atoms with Crippen molar-refractivity contribution in [1.29, 1.82) is 0 Å². The van der Waals surface area contributed by atoms with E-state index in [4.69, 9.17) is 25.2 Å². The average Bonchev–Trinajstić information content (AvgIpc) is 2.96. The van der Waals surface area contributed by atoms with Gasteiger partial charge in [0.1, 0.15) is 17.3 Å². The molecule has 8 nitrogen and oxygen atoms in total. The van der Waals surface area contributed by atoms with Gasteiger partial charge in [0.2, 0.25) is 0 Å². The molecule has 39 heavy (non-hydrogen) atoms. The fourth-order valence-corrected chi connectivity index (χ4v) is 4.09. The zero-order valence-electron chi connectivity index (χ0n) is 21.8. The Hall–Kier alpha value is -4.98. The van der Waals surface area contributed by atoms with Crippen LogP contribution in [0.1, 0.15) is 22.8 Å². The first kappa shape index (κ1) is 25.7. The summed E-state index contributed by atoms with van der Waals surface area (Å²) < 4.78 is 12.1. The van der Waals surface area contributed by atoms with Gasteiger partial charge in [-0.05, 0) is 61.0 Å². The number of pyridine rings is 1. The van der Waals surface area contributed by atoms with Crippen LogP contribution in [0, 0.1) is 12.8 Å². The second-order valence-electron chi connectivity index (χ2n) is 9.34. The van der Waals surface area contributed by atoms with Crippen LogP contribution in [0.15, 0.2) is 91.3 Å². The summed E-state index contributed by atoms with van der Waals surface area (Å²) in [6.07, 6.45) is 3.41. The molecule has 8 heteroatoms. The number of rotatable bonds is 10. The first-order chi connectivity index (χ1) is 19.0. The highest BCUT2D eigenvalue weighted by Gasteiger charge is 2.15. The molecule has 3 N–H and O–H groups in total. The average molecular weight is 520 g/mol. The van der Waals surface area contributed by atoms with Gasteiger partial charge in [-0.3, -0.25) is 9.78 Å². The summed E-state index contributed by atoms with van der Waals surface area (Å²) in [5.74, 6) is 2.21. The molecule has 196 valence electrons. The number of nitrogens with two attached hydrogens (primary N) is 1. The number of nitrogens with zero attached hydrogens (tertiary/aromatic N) is 3. The Morgan fingerprint density at radius 2 is 1.74 bits per heavy atom. The topological polar surface area (TPSA) is 112 Å². The Labute approximate surface area is 226 Å². The summed E-state index contributed by atoms with van der Waals surface area (Å²) in [4.78, 5) is 25.8. The molecule has 3 aromatic carbocycles. The minimum atomic E-state index is -0.533. The molecule has 0 aliphatic rings. The van der Waals surface area contributed by atoms with Crippen LogP contribution in [0.4, 0.5) is 11.5 Å². The van der Waals surface area contributed by atoms with Crippen LogP contribution in [0.25, 0.3) is 22.3 Å². The van der Waals surface area contributed by atoms with E-state index in [1.54, 1.807) is 30.6 Å². The van der Waals surface area contributed by atoms with Crippen LogP contribution in [0.2, 0.25) is 0 Å². The van der Waals surface area contributed by atoms with E-state index in [0.29, 0.717) is 47.4 Å². The van der Waals surface area contributed by atoms with Crippen molar-refractivity contribution in [2.24, 2.45) is 11.7 Å². The summed E-state index contributed by atoms with van der Waals surface area (Å²) in [6.45, 7) is 5.11. The van der Waals surface area contributed by atoms with Crippen molar-refractivity contribution < 1.29 is 14.3 Å². The number of fused-ring (bicyclic) bond motifs is 1. The first-order valence-electron chi connectivity index (χ1n) is 12.7. The minimum absolute atomic E-state index is 0.157. The zero-order chi connectivity index (χ0) is 27.2. The van der Waals surface area contributed by atoms with Gasteiger partial charge in [0.15, 0.2) is 5.82 Å². The number of para-hydroxylation sites is 2. The molecule has 2 aromatic heterocycles. The van der Waals surface area contributed by atoms with E-state index in [9.17, 15) is 4.79 Å². The van der Waals surface area contributed by atoms with E-state index >= 15 is 0 Å². The van der Waals surface area contributed by atoms with E-state index in [0.717, 1.165) is 22.3 Å². The third kappa shape index (κ3) is 6.13. The van der Waals surface area contributed by atoms with Crippen molar-refractivity contribution in [2.75, 3.05) is 18.5 Å². The maximum atomic E-state index is 12.0. The summed E-state index contributed by atoms with van der Waals surface area (Å²) >= 11 is 0. The van der Waals surface area contributed by atoms with E-state index in [-0.39, 0.29) is 5.92 Å². The normalized spacial score (nSPS) is 11.6. The molecule has 1 amide bonds. The standard InChI is InChI=1S/C31H29N5O3/c1-20(19-39-28-12-6-3-8-21(28)2)18-38-23-13-14-27-25(16-23)31(35-26-11-5-4-10-24(26)29(32)37)36-30(34-27)22-9-7-15-33-17-22/h3-17,20H,18-19H2,1-2H3,(H2,32,37)(H,34,35,36). The predicted octanol–water partition coefficient (Wildman–Crippen LogP) is 5.94. The van der Waals surface area contributed by atoms with Gasteiger partial charge < -0.3 is 20.5 Å². The van der Waals surface area contributed by atoms with Crippen molar-refractivity contribution in [3.8, 4) is 22.9 Å². The molecular weight excluding hydrogens is 490 g/mol. The molecule has 0 fully saturated rings. The van der Waals surface area contributed by atoms with Gasteiger partial charge in [-0.1, -0.05) is 37.3 Å². The van der Waals surface area contributed by atoms with Gasteiger partial charge >= 0.3 is 0 Å². The number of anilines is 2. The Balaban J connectivity index is 1.42. The lowest BCUT2D eigenvalue weighted by molar-refractivity contribution is 0.100. The molecule has 0 bridgehead atoms. The SMILES string of the molecule is Cc1ccccc1OCC(C)COc1ccc2nc(-c3cccnc3)nc(Nc3ccccc3C(N)=O)c2c1. The molecule has 1 unspecified atom stereocenters. The molecular formula is C31H29N5O3. The Bertz CT molecular complexity index is 1610. The van der Waals surface area contributed by atoms with Gasteiger partial charge in [-0.15, -0.1) is 0 Å². The van der Waals surface area contributed by atoms with Gasteiger partial charge in [0.25, 0.3) is 5.91 Å². The second-order valence-corrected chi connectivity index (χ2v) is 9.34. The molecule has 5 aromatic rings. The second kappa shape index (κ2) is 11.6. The van der Waals surface area contributed by atoms with Crippen molar-refractivity contribution in [2.45, 2.75) is 13.8 Å². The van der Waals surface area contributed by atoms with Crippen LogP contribution in [0.5, 0.6) is 11.5 Å². The third-order valence-corrected chi connectivity index (χ3v) is 6.18. The van der Waals surface area contributed by atoms with E-state index in [2.05, 4.69) is 17.2 Å². The predicted molar refractivity (Wildman–Crippen MR) is 152 cm³/mol. The number of carbonyl (C=O) groups is 1. The molecule has 0 saturated carbocycles. The highest BCUT2D eigenvalue weighted by Crippen LogP contribution is 2.31. The smallest absolute Gasteiger partial charge is 0.250 e. The number of hydrogen-bond donors (Lipinski definition) is 2. The van der Waals surface area contributed by atoms with Crippen molar-refractivity contribution in [1.82, 2.24) is 15.0 Å². The summed E-state index contributed by atoms with van der Waals surface area (Å²) in [5, 5.41) is 4.03. The maximum absolute atomic E-state index is 12.0. The molecule has 2 heterocycles. The quantitative estimate of drug-likeness (QED) is 0.235. The van der Waals surface area contributed by atoms with Crippen LogP contribution in [-0.4, -0.2) is 34.1 Å². The summed E-state index contributed by atoms with van der Waals surface area (Å²) in [6, 6.07) is 24.4. The Morgan fingerprint density at radius 3 is 2.54 bits per heavy atom. The lowest BCUT2D eigenvalue weighted by atomic mass is 10.1. The van der Waals surface area contributed by atoms with Crippen LogP contribution < -0.4 is 20.5 Å². The van der Waals surface area contributed by atoms with Gasteiger partial charge in [-0.2, -0.15) is 0 Å². The van der Waals surface area contributed by atoms with Crippen molar-refractivity contribution >= 4 is 28.3 Å². The number of hydrogen-bond acceptors (Lipinski definition) is 7. The summed E-state index contributed by atoms with van der Waals surface area (Å²) in [5.41, 5.74) is 9.11. The van der Waals surface area contributed by atoms with Crippen molar-refractivity contribution in [3.63, 3.8) is 0 Å². The molecule has 0 aliphatic heterocycles. The van der Waals surface area contributed by atoms with Crippen LogP contribution in [0.3, 0.4) is 0 Å². The molecule has 0 spiro atoms. The van der Waals surface area contributed by atoms with Crippen molar-refractivity contribution in [3.05, 3.63) is 102 Å². The third-order valence-electron chi connectivity index (χ3n) is 6.18. The first-order valence-corrected chi connectivity index (χ1v) is 12.7. The molecule has 0 aliphatic carbocycles. The lowest BCUT2D eigenvalue weighted by Crippen LogP contribution is -2.17. The number of benzene rings is 3. The van der Waals surface area contributed by atoms with E-state index < -0.39 is 5.91 Å². The van der Waals surface area contributed by atoms with Gasteiger partial charge in [0, 0.05) is 29.3 Å². The monoisotopic (exact) mass is 519 g/mol. The Morgan fingerprint density at radius 1 is 0.949 bits per heavy atom. The maximum Gasteiger partial charge on any atom is 0.250 e. The number of amides is 1. The Kier molecular flexibility index (Phi) is 7.63. The van der Waals surface area contributed by atoms with Gasteiger partial charge in [0.05, 0.1) is 30.0 Å². The van der Waals surface area contributed by atoms with Crippen LogP contribution >= 0.6 is 0 Å². The highest BCUT2D eigenvalue weighted by molar-refractivity contribution is 6.01. The van der Waals surface area contributed by atoms with Crippen LogP contribution in [-0.2, 0) is 0 Å². The van der Waals surface area contributed by atoms with E-state index in [1.807, 2.05) is 67.6 Å². The molecule has 5 rings (SSSR count).